The Morgan fingerprint density at radius 1 is 1.32 bits per heavy atom. The average molecular weight is 303 g/mol. The maximum atomic E-state index is 11.9. The molecule has 3 N–H and O–H groups in total. The molecule has 1 atom stereocenters. The topological polar surface area (TPSA) is 62.6 Å². The Hall–Kier alpha value is -1.30. The largest absolute Gasteiger partial charge is 0.346 e. The minimum atomic E-state index is -0.164. The van der Waals surface area contributed by atoms with Crippen molar-refractivity contribution in [2.75, 3.05) is 31.5 Å². The van der Waals surface area contributed by atoms with Gasteiger partial charge >= 0.3 is 0 Å². The van der Waals surface area contributed by atoms with E-state index < -0.39 is 0 Å². The van der Waals surface area contributed by atoms with Crippen molar-refractivity contribution in [1.29, 1.82) is 0 Å². The van der Waals surface area contributed by atoms with Crippen molar-refractivity contribution in [3.8, 4) is 0 Å². The Bertz CT molecular complexity index is 487. The zero-order valence-electron chi connectivity index (χ0n) is 10.1. The van der Waals surface area contributed by atoms with Gasteiger partial charge < -0.3 is 15.5 Å². The normalized spacial score (nSPS) is 18.8. The maximum absolute atomic E-state index is 11.9. The zero-order valence-corrected chi connectivity index (χ0v) is 11.6. The summed E-state index contributed by atoms with van der Waals surface area (Å²) in [6.07, 6.45) is 0. The fourth-order valence-corrected chi connectivity index (χ4v) is 2.49. The summed E-state index contributed by atoms with van der Waals surface area (Å²) in [6.45, 7) is 1.92. The summed E-state index contributed by atoms with van der Waals surface area (Å²) >= 11 is 11.7. The molecule has 5 nitrogen and oxygen atoms in total. The number of anilines is 1. The Balaban J connectivity index is 1.91. The lowest BCUT2D eigenvalue weighted by Gasteiger charge is -2.22. The molecule has 0 aliphatic carbocycles. The molecule has 1 aromatic carbocycles. The molecule has 2 amide bonds. The molecular formula is C12H14Cl2N3O2+. The number of nitrogens with one attached hydrogen (secondary N) is 3. The lowest BCUT2D eigenvalue weighted by atomic mass is 10.3. The molecule has 2 rings (SSSR count). The summed E-state index contributed by atoms with van der Waals surface area (Å²) in [5.74, 6) is -0.192. The SMILES string of the molecule is O=C1C[NH+](CC(=O)Nc2cc(Cl)cc(Cl)c2)CCN1. The van der Waals surface area contributed by atoms with Crippen LogP contribution in [0.3, 0.4) is 0 Å². The lowest BCUT2D eigenvalue weighted by Crippen LogP contribution is -3.16. The predicted octanol–water partition coefficient (Wildman–Crippen LogP) is -0.0534. The average Bonchev–Trinajstić information content (AvgIpc) is 2.26. The minimum absolute atomic E-state index is 0.0279. The van der Waals surface area contributed by atoms with Crippen molar-refractivity contribution in [3.63, 3.8) is 0 Å². The van der Waals surface area contributed by atoms with Crippen LogP contribution in [-0.2, 0) is 9.59 Å². The third kappa shape index (κ3) is 4.38. The second-order valence-electron chi connectivity index (χ2n) is 4.41. The number of hydrogen-bond acceptors (Lipinski definition) is 2. The number of carbonyl (C=O) groups is 2. The monoisotopic (exact) mass is 302 g/mol. The summed E-state index contributed by atoms with van der Waals surface area (Å²) in [4.78, 5) is 24.0. The molecule has 7 heteroatoms. The summed E-state index contributed by atoms with van der Waals surface area (Å²) in [6, 6.07) is 4.85. The first-order valence-electron chi connectivity index (χ1n) is 5.89. The van der Waals surface area contributed by atoms with Crippen LogP contribution in [0.1, 0.15) is 0 Å². The number of hydrogen-bond donors (Lipinski definition) is 3. The molecule has 0 radical (unpaired) electrons. The number of benzene rings is 1. The molecule has 102 valence electrons. The van der Waals surface area contributed by atoms with Gasteiger partial charge in [0.15, 0.2) is 13.1 Å². The molecule has 0 bridgehead atoms. The number of piperazine rings is 1. The Morgan fingerprint density at radius 2 is 2.00 bits per heavy atom. The molecule has 1 fully saturated rings. The van der Waals surface area contributed by atoms with Gasteiger partial charge in [-0.3, -0.25) is 9.59 Å². The van der Waals surface area contributed by atoms with Crippen LogP contribution in [0.2, 0.25) is 10.0 Å². The van der Waals surface area contributed by atoms with Gasteiger partial charge in [-0.1, -0.05) is 23.2 Å². The fraction of sp³-hybridized carbons (Fsp3) is 0.333. The van der Waals surface area contributed by atoms with Gasteiger partial charge in [0.05, 0.1) is 13.1 Å². The lowest BCUT2D eigenvalue weighted by molar-refractivity contribution is -0.885. The van der Waals surface area contributed by atoms with Gasteiger partial charge in [-0.15, -0.1) is 0 Å². The highest BCUT2D eigenvalue weighted by Crippen LogP contribution is 2.22. The van der Waals surface area contributed by atoms with Gasteiger partial charge in [-0.2, -0.15) is 0 Å². The van der Waals surface area contributed by atoms with Crippen molar-refractivity contribution in [3.05, 3.63) is 28.2 Å². The van der Waals surface area contributed by atoms with Crippen LogP contribution in [0.25, 0.3) is 0 Å². The van der Waals surface area contributed by atoms with Gasteiger partial charge in [-0.25, -0.2) is 0 Å². The Kier molecular flexibility index (Phi) is 4.63. The van der Waals surface area contributed by atoms with Gasteiger partial charge in [0, 0.05) is 15.7 Å². The first-order valence-corrected chi connectivity index (χ1v) is 6.65. The highest BCUT2D eigenvalue weighted by molar-refractivity contribution is 6.35. The van der Waals surface area contributed by atoms with Gasteiger partial charge in [0.2, 0.25) is 0 Å². The van der Waals surface area contributed by atoms with E-state index in [1.807, 2.05) is 0 Å². The fourth-order valence-electron chi connectivity index (χ4n) is 1.97. The number of halogens is 2. The second kappa shape index (κ2) is 6.23. The van der Waals surface area contributed by atoms with E-state index >= 15 is 0 Å². The van der Waals surface area contributed by atoms with Gasteiger partial charge in [0.25, 0.3) is 11.8 Å². The summed E-state index contributed by atoms with van der Waals surface area (Å²) < 4.78 is 0. The van der Waals surface area contributed by atoms with E-state index in [-0.39, 0.29) is 18.4 Å². The molecule has 0 aromatic heterocycles. The molecule has 1 saturated heterocycles. The molecule has 0 spiro atoms. The van der Waals surface area contributed by atoms with Crippen LogP contribution in [-0.4, -0.2) is 38.0 Å². The van der Waals surface area contributed by atoms with E-state index in [4.69, 9.17) is 23.2 Å². The molecule has 19 heavy (non-hydrogen) atoms. The molecule has 1 heterocycles. The second-order valence-corrected chi connectivity index (χ2v) is 5.28. The van der Waals surface area contributed by atoms with Crippen LogP contribution in [0.4, 0.5) is 5.69 Å². The third-order valence-corrected chi connectivity index (χ3v) is 3.20. The number of rotatable bonds is 3. The summed E-state index contributed by atoms with van der Waals surface area (Å²) in [5, 5.41) is 6.38. The molecule has 0 saturated carbocycles. The molecule has 1 aliphatic rings. The molecule has 1 aliphatic heterocycles. The Morgan fingerprint density at radius 3 is 2.63 bits per heavy atom. The van der Waals surface area contributed by atoms with E-state index in [0.29, 0.717) is 28.8 Å². The van der Waals surface area contributed by atoms with Crippen molar-refractivity contribution in [1.82, 2.24) is 5.32 Å². The molecular weight excluding hydrogens is 289 g/mol. The van der Waals surface area contributed by atoms with E-state index in [9.17, 15) is 9.59 Å². The molecule has 1 unspecified atom stereocenters. The van der Waals surface area contributed by atoms with Gasteiger partial charge in [-0.05, 0) is 18.2 Å². The number of quaternary nitrogens is 1. The van der Waals surface area contributed by atoms with Crippen LogP contribution in [0.5, 0.6) is 0 Å². The predicted molar refractivity (Wildman–Crippen MR) is 73.7 cm³/mol. The van der Waals surface area contributed by atoms with Crippen molar-refractivity contribution in [2.45, 2.75) is 0 Å². The van der Waals surface area contributed by atoms with Crippen LogP contribution in [0.15, 0.2) is 18.2 Å². The highest BCUT2D eigenvalue weighted by Gasteiger charge is 2.22. The quantitative estimate of drug-likeness (QED) is 0.733. The van der Waals surface area contributed by atoms with Crippen LogP contribution in [0, 0.1) is 0 Å². The Labute approximate surface area is 120 Å². The standard InChI is InChI=1S/C12H13Cl2N3O2/c13-8-3-9(14)5-10(4-8)16-12(19)7-17-2-1-15-11(18)6-17/h3-5H,1-2,6-7H2,(H,15,18)(H,16,19)/p+1. The zero-order chi connectivity index (χ0) is 13.8. The summed E-state index contributed by atoms with van der Waals surface area (Å²) in [5.41, 5.74) is 0.559. The van der Waals surface area contributed by atoms with E-state index in [2.05, 4.69) is 10.6 Å². The van der Waals surface area contributed by atoms with E-state index in [1.54, 1.807) is 18.2 Å². The molecule has 1 aromatic rings. The number of amides is 2. The van der Waals surface area contributed by atoms with Crippen LogP contribution >= 0.6 is 23.2 Å². The third-order valence-electron chi connectivity index (χ3n) is 2.77. The number of carbonyl (C=O) groups excluding carboxylic acids is 2. The first kappa shape index (κ1) is 14.1. The van der Waals surface area contributed by atoms with Crippen molar-refractivity contribution < 1.29 is 14.5 Å². The summed E-state index contributed by atoms with van der Waals surface area (Å²) in [7, 11) is 0. The maximum Gasteiger partial charge on any atom is 0.279 e. The van der Waals surface area contributed by atoms with Crippen LogP contribution < -0.4 is 15.5 Å². The van der Waals surface area contributed by atoms with Crippen molar-refractivity contribution in [2.24, 2.45) is 0 Å². The smallest absolute Gasteiger partial charge is 0.279 e. The van der Waals surface area contributed by atoms with Gasteiger partial charge in [0.1, 0.15) is 0 Å². The van der Waals surface area contributed by atoms with Crippen molar-refractivity contribution >= 4 is 40.7 Å². The minimum Gasteiger partial charge on any atom is -0.346 e. The van der Waals surface area contributed by atoms with E-state index in [1.165, 1.54) is 0 Å². The highest BCUT2D eigenvalue weighted by atomic mass is 35.5. The first-order chi connectivity index (χ1) is 9.02. The van der Waals surface area contributed by atoms with E-state index in [0.717, 1.165) is 11.4 Å².